The summed E-state index contributed by atoms with van der Waals surface area (Å²) >= 11 is 0. The third-order valence-electron chi connectivity index (χ3n) is 4.64. The van der Waals surface area contributed by atoms with E-state index in [1.165, 1.54) is 12.5 Å². The first-order chi connectivity index (χ1) is 14.0. The van der Waals surface area contributed by atoms with Gasteiger partial charge in [0.25, 0.3) is 12.4 Å². The van der Waals surface area contributed by atoms with Gasteiger partial charge in [0.1, 0.15) is 17.8 Å². The number of carboxylic acid groups (broad SMARTS) is 1. The average Bonchev–Trinajstić information content (AvgIpc) is 3.44. The zero-order valence-corrected chi connectivity index (χ0v) is 16.0. The number of carbonyl (C=O) groups is 3. The Balaban J connectivity index is 0.000000941. The topological polar surface area (TPSA) is 175 Å². The number of aromatic nitrogens is 5. The molecule has 2 aromatic heterocycles. The van der Waals surface area contributed by atoms with Crippen LogP contribution in [0.4, 0.5) is 0 Å². The van der Waals surface area contributed by atoms with Crippen molar-refractivity contribution in [3.8, 4) is 0 Å². The zero-order valence-electron chi connectivity index (χ0n) is 16.0. The quantitative estimate of drug-likeness (QED) is 0.361. The maximum atomic E-state index is 12.3. The van der Waals surface area contributed by atoms with Crippen LogP contribution in [0.3, 0.4) is 0 Å². The predicted molar refractivity (Wildman–Crippen MR) is 99.7 cm³/mol. The fourth-order valence-electron chi connectivity index (χ4n) is 3.19. The van der Waals surface area contributed by atoms with Gasteiger partial charge in [0.15, 0.2) is 0 Å². The Bertz CT molecular complexity index is 792. The predicted octanol–water partition coefficient (Wildman–Crippen LogP) is -1.05. The second-order valence-electron chi connectivity index (χ2n) is 6.46. The first-order valence-electron chi connectivity index (χ1n) is 9.19. The summed E-state index contributed by atoms with van der Waals surface area (Å²) in [6.07, 6.45) is 5.06. The van der Waals surface area contributed by atoms with E-state index in [-0.39, 0.29) is 24.2 Å². The van der Waals surface area contributed by atoms with E-state index in [2.05, 4.69) is 30.8 Å². The molecule has 158 valence electrons. The van der Waals surface area contributed by atoms with Crippen LogP contribution in [0.5, 0.6) is 0 Å². The molecule has 0 aliphatic heterocycles. The normalized spacial score (nSPS) is 20.4. The van der Waals surface area contributed by atoms with Gasteiger partial charge in [-0.2, -0.15) is 0 Å². The van der Waals surface area contributed by atoms with Crippen LogP contribution < -0.4 is 10.6 Å². The van der Waals surface area contributed by atoms with Crippen LogP contribution >= 0.6 is 0 Å². The van der Waals surface area contributed by atoms with Gasteiger partial charge in [-0.15, -0.1) is 10.2 Å². The SMILES string of the molecule is CCn1cnnc1CCNC(=O)[C@H]1C[C@H](NC(=O)c2cnc[nH]2)[C@@H](O)C1.O=CO. The van der Waals surface area contributed by atoms with Crippen LogP contribution in [0.2, 0.25) is 0 Å². The number of aliphatic hydroxyl groups excluding tert-OH is 1. The lowest BCUT2D eigenvalue weighted by atomic mass is 10.1. The van der Waals surface area contributed by atoms with Crippen LogP contribution in [0.1, 0.15) is 36.1 Å². The Labute approximate surface area is 166 Å². The van der Waals surface area contributed by atoms with E-state index in [1.807, 2.05) is 11.5 Å². The number of amides is 2. The summed E-state index contributed by atoms with van der Waals surface area (Å²) in [7, 11) is 0. The minimum Gasteiger partial charge on any atom is -0.483 e. The maximum Gasteiger partial charge on any atom is 0.290 e. The molecule has 2 aromatic rings. The molecule has 12 nitrogen and oxygen atoms in total. The highest BCUT2D eigenvalue weighted by molar-refractivity contribution is 5.92. The van der Waals surface area contributed by atoms with Gasteiger partial charge >= 0.3 is 0 Å². The van der Waals surface area contributed by atoms with Crippen molar-refractivity contribution in [1.82, 2.24) is 35.4 Å². The molecule has 0 radical (unpaired) electrons. The van der Waals surface area contributed by atoms with Gasteiger partial charge in [-0.25, -0.2) is 4.98 Å². The molecular formula is C17H25N7O5. The van der Waals surface area contributed by atoms with E-state index in [0.717, 1.165) is 12.4 Å². The van der Waals surface area contributed by atoms with Gasteiger partial charge in [0.2, 0.25) is 5.91 Å². The Morgan fingerprint density at radius 1 is 1.41 bits per heavy atom. The molecule has 5 N–H and O–H groups in total. The van der Waals surface area contributed by atoms with E-state index < -0.39 is 12.1 Å². The summed E-state index contributed by atoms with van der Waals surface area (Å²) in [5.74, 6) is 0.0291. The lowest BCUT2D eigenvalue weighted by molar-refractivity contribution is -0.125. The van der Waals surface area contributed by atoms with Crippen LogP contribution in [-0.4, -0.2) is 71.9 Å². The number of aromatic amines is 1. The molecule has 3 atom stereocenters. The van der Waals surface area contributed by atoms with E-state index in [0.29, 0.717) is 31.5 Å². The molecule has 1 aliphatic carbocycles. The number of hydrogen-bond acceptors (Lipinski definition) is 7. The lowest BCUT2D eigenvalue weighted by Gasteiger charge is -2.15. The van der Waals surface area contributed by atoms with E-state index in [9.17, 15) is 14.7 Å². The standard InChI is InChI=1S/C16H23N7O3.CH2O2/c1-2-23-9-20-22-14(23)3-4-18-15(25)10-5-11(13(24)6-10)21-16(26)12-7-17-8-19-12;2-1-3/h7-11,13,24H,2-6H2,1H3,(H,17,19)(H,18,25)(H,21,26);1H,(H,2,3)/t10-,11-,13-;/m0./s1. The summed E-state index contributed by atoms with van der Waals surface area (Å²) in [5, 5.41) is 30.6. The third-order valence-corrected chi connectivity index (χ3v) is 4.64. The third kappa shape index (κ3) is 6.10. The van der Waals surface area contributed by atoms with Gasteiger partial charge in [0, 0.05) is 25.4 Å². The highest BCUT2D eigenvalue weighted by atomic mass is 16.3. The number of nitrogens with zero attached hydrogens (tertiary/aromatic N) is 4. The van der Waals surface area contributed by atoms with Gasteiger partial charge < -0.3 is 30.4 Å². The smallest absolute Gasteiger partial charge is 0.290 e. The first-order valence-corrected chi connectivity index (χ1v) is 9.19. The Morgan fingerprint density at radius 3 is 2.83 bits per heavy atom. The molecular weight excluding hydrogens is 382 g/mol. The second kappa shape index (κ2) is 10.9. The molecule has 0 aromatic carbocycles. The number of imidazole rings is 1. The summed E-state index contributed by atoms with van der Waals surface area (Å²) in [4.78, 5) is 39.2. The molecule has 2 heterocycles. The molecule has 3 rings (SSSR count). The molecule has 1 saturated carbocycles. The number of rotatable bonds is 7. The molecule has 1 aliphatic rings. The van der Waals surface area contributed by atoms with Gasteiger partial charge in [-0.05, 0) is 19.8 Å². The minimum atomic E-state index is -0.749. The van der Waals surface area contributed by atoms with Crippen molar-refractivity contribution in [1.29, 1.82) is 0 Å². The number of hydrogen-bond donors (Lipinski definition) is 5. The molecule has 1 fully saturated rings. The Hall–Kier alpha value is -3.28. The Morgan fingerprint density at radius 2 is 2.17 bits per heavy atom. The van der Waals surface area contributed by atoms with Crippen molar-refractivity contribution in [3.05, 3.63) is 30.4 Å². The summed E-state index contributed by atoms with van der Waals surface area (Å²) in [6.45, 7) is 2.99. The van der Waals surface area contributed by atoms with Crippen molar-refractivity contribution >= 4 is 18.3 Å². The average molecular weight is 407 g/mol. The van der Waals surface area contributed by atoms with Crippen LogP contribution in [0.25, 0.3) is 0 Å². The molecule has 2 amide bonds. The summed E-state index contributed by atoms with van der Waals surface area (Å²) < 4.78 is 1.92. The lowest BCUT2D eigenvalue weighted by Crippen LogP contribution is -2.40. The summed E-state index contributed by atoms with van der Waals surface area (Å²) in [6, 6.07) is -0.454. The van der Waals surface area contributed by atoms with Crippen molar-refractivity contribution < 1.29 is 24.6 Å². The fraction of sp³-hybridized carbons (Fsp3) is 0.529. The number of aliphatic hydroxyl groups is 1. The highest BCUT2D eigenvalue weighted by Crippen LogP contribution is 2.26. The molecule has 0 bridgehead atoms. The second-order valence-corrected chi connectivity index (χ2v) is 6.46. The van der Waals surface area contributed by atoms with Crippen LogP contribution in [0, 0.1) is 5.92 Å². The van der Waals surface area contributed by atoms with Crippen molar-refractivity contribution in [2.45, 2.75) is 44.9 Å². The van der Waals surface area contributed by atoms with Gasteiger partial charge in [0.05, 0.1) is 24.7 Å². The highest BCUT2D eigenvalue weighted by Gasteiger charge is 2.37. The van der Waals surface area contributed by atoms with E-state index in [4.69, 9.17) is 9.90 Å². The largest absolute Gasteiger partial charge is 0.483 e. The van der Waals surface area contributed by atoms with Crippen LogP contribution in [-0.2, 0) is 22.6 Å². The molecule has 29 heavy (non-hydrogen) atoms. The van der Waals surface area contributed by atoms with Crippen molar-refractivity contribution in [2.75, 3.05) is 6.54 Å². The van der Waals surface area contributed by atoms with E-state index >= 15 is 0 Å². The monoisotopic (exact) mass is 407 g/mol. The first kappa shape index (κ1) is 22.0. The van der Waals surface area contributed by atoms with Crippen molar-refractivity contribution in [3.63, 3.8) is 0 Å². The number of H-pyrrole nitrogens is 1. The van der Waals surface area contributed by atoms with Crippen molar-refractivity contribution in [2.24, 2.45) is 5.92 Å². The minimum absolute atomic E-state index is 0.120. The Kier molecular flexibility index (Phi) is 8.27. The number of nitrogens with one attached hydrogen (secondary N) is 3. The number of carbonyl (C=O) groups excluding carboxylic acids is 2. The molecule has 0 unspecified atom stereocenters. The van der Waals surface area contributed by atoms with E-state index in [1.54, 1.807) is 6.33 Å². The van der Waals surface area contributed by atoms with Crippen LogP contribution in [0.15, 0.2) is 18.9 Å². The molecule has 0 saturated heterocycles. The fourth-order valence-corrected chi connectivity index (χ4v) is 3.19. The molecule has 0 spiro atoms. The molecule has 12 heteroatoms. The van der Waals surface area contributed by atoms with Gasteiger partial charge in [-0.1, -0.05) is 0 Å². The number of aryl methyl sites for hydroxylation is 1. The maximum absolute atomic E-state index is 12.3. The summed E-state index contributed by atoms with van der Waals surface area (Å²) in [5.41, 5.74) is 0.324. The zero-order chi connectivity index (χ0) is 21.2. The van der Waals surface area contributed by atoms with Gasteiger partial charge in [-0.3, -0.25) is 14.4 Å².